The Morgan fingerprint density at radius 3 is 2.64 bits per heavy atom. The second-order valence-corrected chi connectivity index (χ2v) is 4.57. The number of hydrogen-bond acceptors (Lipinski definition) is 3. The Kier molecular flexibility index (Phi) is 2.77. The highest BCUT2D eigenvalue weighted by atomic mass is 16.5. The van der Waals surface area contributed by atoms with Crippen molar-refractivity contribution < 1.29 is 14.6 Å². The summed E-state index contributed by atoms with van der Waals surface area (Å²) in [5.41, 5.74) is 0. The van der Waals surface area contributed by atoms with Crippen LogP contribution in [0.1, 0.15) is 32.6 Å². The summed E-state index contributed by atoms with van der Waals surface area (Å²) in [6.07, 6.45) is 4.46. The number of carbonyl (C=O) groups excluding carboxylic acids is 1. The SMILES string of the molecule is CC(=O)OC1CCC2C(CO)CCC12. The molecular weight excluding hydrogens is 180 g/mol. The van der Waals surface area contributed by atoms with Crippen molar-refractivity contribution in [3.05, 3.63) is 0 Å². The number of fused-ring (bicyclic) bond motifs is 1. The normalized spacial score (nSPS) is 41.0. The fourth-order valence-corrected chi connectivity index (χ4v) is 3.25. The molecule has 3 heteroatoms. The van der Waals surface area contributed by atoms with Gasteiger partial charge in [-0.2, -0.15) is 0 Å². The highest BCUT2D eigenvalue weighted by Crippen LogP contribution is 2.48. The molecule has 2 rings (SSSR count). The molecule has 2 saturated carbocycles. The van der Waals surface area contributed by atoms with E-state index >= 15 is 0 Å². The van der Waals surface area contributed by atoms with Gasteiger partial charge in [0.25, 0.3) is 0 Å². The molecule has 14 heavy (non-hydrogen) atoms. The maximum Gasteiger partial charge on any atom is 0.302 e. The van der Waals surface area contributed by atoms with Crippen molar-refractivity contribution in [3.8, 4) is 0 Å². The summed E-state index contributed by atoms with van der Waals surface area (Å²) in [6.45, 7) is 1.78. The summed E-state index contributed by atoms with van der Waals surface area (Å²) in [4.78, 5) is 10.9. The summed E-state index contributed by atoms with van der Waals surface area (Å²) < 4.78 is 5.30. The van der Waals surface area contributed by atoms with E-state index in [9.17, 15) is 9.90 Å². The van der Waals surface area contributed by atoms with Gasteiger partial charge in [-0.3, -0.25) is 4.79 Å². The van der Waals surface area contributed by atoms with Gasteiger partial charge in [0.15, 0.2) is 0 Å². The van der Waals surface area contributed by atoms with Gasteiger partial charge < -0.3 is 9.84 Å². The first-order chi connectivity index (χ1) is 6.72. The zero-order valence-corrected chi connectivity index (χ0v) is 8.61. The predicted octanol–water partition coefficient (Wildman–Crippen LogP) is 1.35. The molecule has 0 amide bonds. The van der Waals surface area contributed by atoms with Gasteiger partial charge in [-0.1, -0.05) is 0 Å². The lowest BCUT2D eigenvalue weighted by atomic mass is 9.92. The van der Waals surface area contributed by atoms with E-state index < -0.39 is 0 Å². The molecule has 4 unspecified atom stereocenters. The van der Waals surface area contributed by atoms with Crippen molar-refractivity contribution in [1.29, 1.82) is 0 Å². The molecule has 0 radical (unpaired) electrons. The molecule has 3 nitrogen and oxygen atoms in total. The third-order valence-corrected chi connectivity index (χ3v) is 3.84. The number of rotatable bonds is 2. The molecule has 2 aliphatic carbocycles. The van der Waals surface area contributed by atoms with Gasteiger partial charge in [0, 0.05) is 13.5 Å². The minimum Gasteiger partial charge on any atom is -0.462 e. The average Bonchev–Trinajstić information content (AvgIpc) is 2.67. The standard InChI is InChI=1S/C11H18O3/c1-7(13)14-11-5-4-9-8(6-12)2-3-10(9)11/h8-12H,2-6H2,1H3. The van der Waals surface area contributed by atoms with Crippen molar-refractivity contribution >= 4 is 5.97 Å². The van der Waals surface area contributed by atoms with E-state index in [0.717, 1.165) is 25.7 Å². The van der Waals surface area contributed by atoms with E-state index in [4.69, 9.17) is 4.74 Å². The Bertz CT molecular complexity index is 227. The van der Waals surface area contributed by atoms with Crippen LogP contribution in [0.15, 0.2) is 0 Å². The fraction of sp³-hybridized carbons (Fsp3) is 0.909. The number of ether oxygens (including phenoxy) is 1. The molecule has 4 atom stereocenters. The molecule has 0 aliphatic heterocycles. The first kappa shape index (κ1) is 9.97. The monoisotopic (exact) mass is 198 g/mol. The summed E-state index contributed by atoms with van der Waals surface area (Å²) in [6, 6.07) is 0. The molecule has 0 aromatic carbocycles. The average molecular weight is 198 g/mol. The third-order valence-electron chi connectivity index (χ3n) is 3.84. The van der Waals surface area contributed by atoms with E-state index in [0.29, 0.717) is 24.4 Å². The van der Waals surface area contributed by atoms with Crippen molar-refractivity contribution in [3.63, 3.8) is 0 Å². The topological polar surface area (TPSA) is 46.5 Å². The first-order valence-electron chi connectivity index (χ1n) is 5.50. The summed E-state index contributed by atoms with van der Waals surface area (Å²) in [5, 5.41) is 9.17. The van der Waals surface area contributed by atoms with Gasteiger partial charge in [-0.05, 0) is 43.4 Å². The maximum atomic E-state index is 10.9. The Balaban J connectivity index is 1.97. The van der Waals surface area contributed by atoms with Crippen LogP contribution in [0.5, 0.6) is 0 Å². The van der Waals surface area contributed by atoms with Crippen molar-refractivity contribution in [2.45, 2.75) is 38.7 Å². The molecule has 0 aromatic heterocycles. The van der Waals surface area contributed by atoms with Gasteiger partial charge in [0.05, 0.1) is 0 Å². The second kappa shape index (κ2) is 3.89. The molecule has 0 saturated heterocycles. The zero-order chi connectivity index (χ0) is 10.1. The number of hydrogen-bond donors (Lipinski definition) is 1. The lowest BCUT2D eigenvalue weighted by Gasteiger charge is -2.19. The van der Waals surface area contributed by atoms with E-state index in [1.54, 1.807) is 0 Å². The largest absolute Gasteiger partial charge is 0.462 e. The minimum atomic E-state index is -0.164. The van der Waals surface area contributed by atoms with Crippen LogP contribution in [0, 0.1) is 17.8 Å². The quantitative estimate of drug-likeness (QED) is 0.681. The van der Waals surface area contributed by atoms with Crippen molar-refractivity contribution in [2.75, 3.05) is 6.61 Å². The van der Waals surface area contributed by atoms with Gasteiger partial charge >= 0.3 is 5.97 Å². The van der Waals surface area contributed by atoms with Crippen LogP contribution in [-0.4, -0.2) is 23.8 Å². The molecule has 80 valence electrons. The molecule has 1 N–H and O–H groups in total. The Labute approximate surface area is 84.4 Å². The van der Waals surface area contributed by atoms with Gasteiger partial charge in [-0.15, -0.1) is 0 Å². The molecule has 0 bridgehead atoms. The highest BCUT2D eigenvalue weighted by molar-refractivity contribution is 5.66. The number of aliphatic hydroxyl groups excluding tert-OH is 1. The Morgan fingerprint density at radius 2 is 2.00 bits per heavy atom. The highest BCUT2D eigenvalue weighted by Gasteiger charge is 2.45. The van der Waals surface area contributed by atoms with E-state index in [2.05, 4.69) is 0 Å². The van der Waals surface area contributed by atoms with Crippen LogP contribution >= 0.6 is 0 Å². The second-order valence-electron chi connectivity index (χ2n) is 4.57. The van der Waals surface area contributed by atoms with Crippen molar-refractivity contribution in [2.24, 2.45) is 17.8 Å². The summed E-state index contributed by atoms with van der Waals surface area (Å²) in [7, 11) is 0. The van der Waals surface area contributed by atoms with Crippen LogP contribution in [-0.2, 0) is 9.53 Å². The summed E-state index contributed by atoms with van der Waals surface area (Å²) in [5.74, 6) is 1.42. The van der Waals surface area contributed by atoms with Gasteiger partial charge in [0.2, 0.25) is 0 Å². The predicted molar refractivity (Wildman–Crippen MR) is 51.6 cm³/mol. The van der Waals surface area contributed by atoms with Crippen LogP contribution in [0.4, 0.5) is 0 Å². The molecule has 2 aliphatic rings. The van der Waals surface area contributed by atoms with Gasteiger partial charge in [0.1, 0.15) is 6.10 Å². The Morgan fingerprint density at radius 1 is 1.29 bits per heavy atom. The Hall–Kier alpha value is -0.570. The van der Waals surface area contributed by atoms with Crippen LogP contribution in [0.3, 0.4) is 0 Å². The lowest BCUT2D eigenvalue weighted by molar-refractivity contribution is -0.148. The lowest BCUT2D eigenvalue weighted by Crippen LogP contribution is -2.22. The molecule has 0 heterocycles. The number of carbonyl (C=O) groups is 1. The first-order valence-corrected chi connectivity index (χ1v) is 5.50. The van der Waals surface area contributed by atoms with Crippen LogP contribution in [0.2, 0.25) is 0 Å². The smallest absolute Gasteiger partial charge is 0.302 e. The van der Waals surface area contributed by atoms with E-state index in [1.165, 1.54) is 6.92 Å². The van der Waals surface area contributed by atoms with E-state index in [1.807, 2.05) is 0 Å². The van der Waals surface area contributed by atoms with Crippen LogP contribution in [0.25, 0.3) is 0 Å². The number of aliphatic hydroxyl groups is 1. The molecule has 0 spiro atoms. The summed E-state index contributed by atoms with van der Waals surface area (Å²) >= 11 is 0. The van der Waals surface area contributed by atoms with Gasteiger partial charge in [-0.25, -0.2) is 0 Å². The number of esters is 1. The maximum absolute atomic E-state index is 10.9. The molecule has 2 fully saturated rings. The molecule has 0 aromatic rings. The zero-order valence-electron chi connectivity index (χ0n) is 8.61. The molecular formula is C11H18O3. The fourth-order valence-electron chi connectivity index (χ4n) is 3.25. The third kappa shape index (κ3) is 1.65. The van der Waals surface area contributed by atoms with Crippen LogP contribution < -0.4 is 0 Å². The van der Waals surface area contributed by atoms with Crippen molar-refractivity contribution in [1.82, 2.24) is 0 Å². The van der Waals surface area contributed by atoms with E-state index in [-0.39, 0.29) is 12.1 Å². The minimum absolute atomic E-state index is 0.133.